The van der Waals surface area contributed by atoms with Gasteiger partial charge < -0.3 is 25.7 Å². The van der Waals surface area contributed by atoms with E-state index in [0.717, 1.165) is 25.7 Å². The topological polar surface area (TPSA) is 114 Å². The highest BCUT2D eigenvalue weighted by atomic mass is 19.3. The molecule has 234 valence electrons. The van der Waals surface area contributed by atoms with E-state index >= 15 is 8.78 Å². The third kappa shape index (κ3) is 8.48. The molecule has 0 radical (unpaired) electrons. The minimum Gasteiger partial charge on any atom is -0.463 e. The predicted octanol–water partition coefficient (Wildman–Crippen LogP) is 7.94. The molecule has 43 heavy (non-hydrogen) atoms. The van der Waals surface area contributed by atoms with Crippen molar-refractivity contribution in [2.45, 2.75) is 90.1 Å². The van der Waals surface area contributed by atoms with E-state index in [2.05, 4.69) is 6.92 Å². The number of unbranched alkanes of at least 4 members (excludes halogenated alkanes) is 3. The molecule has 3 saturated carbocycles. The van der Waals surface area contributed by atoms with Crippen molar-refractivity contribution in [2.24, 2.45) is 10.8 Å². The molecule has 5 rings (SSSR count). The highest BCUT2D eigenvalue weighted by Gasteiger charge is 2.62. The summed E-state index contributed by atoms with van der Waals surface area (Å²) >= 11 is 0. The zero-order valence-electron chi connectivity index (χ0n) is 25.0. The number of esters is 2. The molecule has 0 saturated heterocycles. The number of anilines is 2. The van der Waals surface area contributed by atoms with E-state index < -0.39 is 23.5 Å². The van der Waals surface area contributed by atoms with E-state index in [0.29, 0.717) is 49.0 Å². The van der Waals surface area contributed by atoms with E-state index in [-0.39, 0.29) is 29.9 Å². The summed E-state index contributed by atoms with van der Waals surface area (Å²) in [6, 6.07) is 10.8. The molecule has 2 bridgehead atoms. The van der Waals surface area contributed by atoms with Crippen LogP contribution in [-0.4, -0.2) is 31.3 Å². The highest BCUT2D eigenvalue weighted by molar-refractivity contribution is 5.91. The Kier molecular flexibility index (Phi) is 10.7. The van der Waals surface area contributed by atoms with Crippen molar-refractivity contribution < 1.29 is 32.6 Å². The number of rotatable bonds is 15. The van der Waals surface area contributed by atoms with Gasteiger partial charge in [-0.2, -0.15) is 8.78 Å². The lowest BCUT2D eigenvalue weighted by Crippen LogP contribution is -2.53. The van der Waals surface area contributed by atoms with Crippen molar-refractivity contribution >= 4 is 29.4 Å². The quantitative estimate of drug-likeness (QED) is 0.0926. The Hall–Kier alpha value is -3.62. The van der Waals surface area contributed by atoms with Gasteiger partial charge in [-0.25, -0.2) is 9.59 Å². The number of alkyl halides is 2. The summed E-state index contributed by atoms with van der Waals surface area (Å²) in [5.74, 6) is -0.936. The second-order valence-electron chi connectivity index (χ2n) is 12.2. The first-order chi connectivity index (χ1) is 20.6. The van der Waals surface area contributed by atoms with Crippen molar-refractivity contribution in [3.8, 4) is 5.75 Å². The van der Waals surface area contributed by atoms with Gasteiger partial charge in [-0.05, 0) is 105 Å². The fourth-order valence-electron chi connectivity index (χ4n) is 6.36. The van der Waals surface area contributed by atoms with Crippen molar-refractivity contribution in [1.29, 1.82) is 0 Å². The van der Waals surface area contributed by atoms with Crippen LogP contribution in [0.15, 0.2) is 48.5 Å². The average molecular weight is 599 g/mol. The Morgan fingerprint density at radius 2 is 1.47 bits per heavy atom. The fourth-order valence-corrected chi connectivity index (χ4v) is 6.36. The van der Waals surface area contributed by atoms with Gasteiger partial charge in [0, 0.05) is 17.5 Å². The molecule has 0 unspecified atom stereocenters. The number of ether oxygens (including phenoxy) is 3. The smallest absolute Gasteiger partial charge is 0.403 e. The van der Waals surface area contributed by atoms with Crippen LogP contribution in [0, 0.1) is 10.8 Å². The maximum atomic E-state index is 15.5. The van der Waals surface area contributed by atoms with Crippen LogP contribution in [-0.2, 0) is 14.3 Å². The first-order valence-electron chi connectivity index (χ1n) is 15.4. The molecule has 0 atom stereocenters. The van der Waals surface area contributed by atoms with Crippen LogP contribution in [0.4, 0.5) is 20.2 Å². The predicted molar refractivity (Wildman–Crippen MR) is 164 cm³/mol. The maximum absolute atomic E-state index is 15.5. The lowest BCUT2D eigenvalue weighted by atomic mass is 9.52. The van der Waals surface area contributed by atoms with E-state index in [4.69, 9.17) is 25.7 Å². The van der Waals surface area contributed by atoms with E-state index in [9.17, 15) is 9.59 Å². The average Bonchev–Trinajstić information content (AvgIpc) is 2.98. The Morgan fingerprint density at radius 3 is 2.07 bits per heavy atom. The summed E-state index contributed by atoms with van der Waals surface area (Å²) < 4.78 is 46.6. The second kappa shape index (κ2) is 14.2. The largest absolute Gasteiger partial charge is 0.463 e. The molecule has 0 aromatic heterocycles. The van der Waals surface area contributed by atoms with Crippen LogP contribution in [0.5, 0.6) is 5.75 Å². The molecule has 2 aromatic carbocycles. The van der Waals surface area contributed by atoms with E-state index in [1.54, 1.807) is 24.3 Å². The molecule has 2 aromatic rings. The normalized spacial score (nSPS) is 21.6. The Bertz CT molecular complexity index is 1230. The SMILES string of the molecule is CCCCCC12CCC(C(F)(F)Oc3ccc(C=CC(=O)OCCCCOC(=O)c4cc(N)cc(N)c4)cc3)(CC1)CC2. The van der Waals surface area contributed by atoms with Crippen LogP contribution < -0.4 is 16.2 Å². The molecule has 0 heterocycles. The van der Waals surface area contributed by atoms with Gasteiger partial charge >= 0.3 is 18.0 Å². The van der Waals surface area contributed by atoms with Gasteiger partial charge in [0.1, 0.15) is 5.75 Å². The molecule has 9 heteroatoms. The number of halogens is 2. The summed E-state index contributed by atoms with van der Waals surface area (Å²) in [5.41, 5.74) is 12.2. The van der Waals surface area contributed by atoms with Crippen LogP contribution in [0.25, 0.3) is 6.08 Å². The van der Waals surface area contributed by atoms with Crippen molar-refractivity contribution in [2.75, 3.05) is 24.7 Å². The number of fused-ring (bicyclic) bond motifs is 3. The fraction of sp³-hybridized carbons (Fsp3) is 0.529. The number of hydrogen-bond acceptors (Lipinski definition) is 7. The van der Waals surface area contributed by atoms with Crippen LogP contribution in [0.2, 0.25) is 0 Å². The summed E-state index contributed by atoms with van der Waals surface area (Å²) in [6.45, 7) is 2.51. The monoisotopic (exact) mass is 598 g/mol. The van der Waals surface area contributed by atoms with Gasteiger partial charge in [0.2, 0.25) is 0 Å². The Labute approximate surface area is 252 Å². The standard InChI is InChI=1S/C34H44F2N2O5/c1-2-3-4-13-32-14-17-33(18-15-32,19-16-32)34(35,36)43-29-10-7-25(8-11-29)9-12-30(39)41-20-5-6-21-42-31(40)26-22-27(37)24-28(38)23-26/h7-12,22-24H,2-6,13-21,37-38H2,1H3. The molecule has 0 aliphatic heterocycles. The minimum atomic E-state index is -3.23. The van der Waals surface area contributed by atoms with Gasteiger partial charge in [-0.15, -0.1) is 0 Å². The van der Waals surface area contributed by atoms with Crippen molar-refractivity contribution in [3.05, 3.63) is 59.7 Å². The van der Waals surface area contributed by atoms with Crippen molar-refractivity contribution in [1.82, 2.24) is 0 Å². The zero-order chi connectivity index (χ0) is 30.9. The van der Waals surface area contributed by atoms with Crippen LogP contribution in [0.1, 0.15) is 99.9 Å². The van der Waals surface area contributed by atoms with E-state index in [1.807, 2.05) is 0 Å². The Balaban J connectivity index is 1.15. The van der Waals surface area contributed by atoms with Gasteiger partial charge in [0.05, 0.1) is 24.2 Å². The van der Waals surface area contributed by atoms with Gasteiger partial charge in [-0.3, -0.25) is 0 Å². The third-order valence-corrected chi connectivity index (χ3v) is 9.10. The molecule has 4 N–H and O–H groups in total. The third-order valence-electron chi connectivity index (χ3n) is 9.10. The van der Waals surface area contributed by atoms with Gasteiger partial charge in [0.15, 0.2) is 0 Å². The molecule has 7 nitrogen and oxygen atoms in total. The van der Waals surface area contributed by atoms with Gasteiger partial charge in [-0.1, -0.05) is 38.3 Å². The van der Waals surface area contributed by atoms with Crippen LogP contribution in [0.3, 0.4) is 0 Å². The molecule has 3 aliphatic carbocycles. The number of nitrogens with two attached hydrogens (primary N) is 2. The van der Waals surface area contributed by atoms with E-state index in [1.165, 1.54) is 49.6 Å². The zero-order valence-corrected chi connectivity index (χ0v) is 25.0. The molecule has 3 aliphatic rings. The first-order valence-corrected chi connectivity index (χ1v) is 15.4. The summed E-state index contributed by atoms with van der Waals surface area (Å²) in [7, 11) is 0. The van der Waals surface area contributed by atoms with Crippen LogP contribution >= 0.6 is 0 Å². The maximum Gasteiger partial charge on any atom is 0.403 e. The highest BCUT2D eigenvalue weighted by Crippen LogP contribution is 2.63. The van der Waals surface area contributed by atoms with Crippen molar-refractivity contribution in [3.63, 3.8) is 0 Å². The number of nitrogen functional groups attached to an aromatic ring is 2. The van der Waals surface area contributed by atoms with Gasteiger partial charge in [0.25, 0.3) is 0 Å². The number of hydrogen-bond donors (Lipinski definition) is 2. The number of carbonyl (C=O) groups excluding carboxylic acids is 2. The lowest BCUT2D eigenvalue weighted by molar-refractivity contribution is -0.289. The molecule has 3 fully saturated rings. The number of carbonyl (C=O) groups is 2. The molecule has 0 spiro atoms. The second-order valence-corrected chi connectivity index (χ2v) is 12.2. The molecular weight excluding hydrogens is 554 g/mol. The number of benzene rings is 2. The minimum absolute atomic E-state index is 0.115. The summed E-state index contributed by atoms with van der Waals surface area (Å²) in [6.07, 6.45) is 9.49. The summed E-state index contributed by atoms with van der Waals surface area (Å²) in [5, 5.41) is 0. The summed E-state index contributed by atoms with van der Waals surface area (Å²) in [4.78, 5) is 24.1. The lowest BCUT2D eigenvalue weighted by Gasteiger charge is -2.55. The Morgan fingerprint density at radius 1 is 0.860 bits per heavy atom. The first kappa shape index (κ1) is 32.3. The molecular formula is C34H44F2N2O5. The molecule has 0 amide bonds.